The molecule has 0 amide bonds. The molecule has 3 fully saturated rings. The van der Waals surface area contributed by atoms with E-state index in [1.165, 1.54) is 6.92 Å². The SMILES string of the molecule is C=C(C)C(=O)O.C=C(C)C(=O)OC1C(O)C2CC(C(=O)OC3CCCO3)C1C2.C=C(C)C(=O)OCCO. The fourth-order valence-electron chi connectivity index (χ4n) is 4.05. The minimum Gasteiger partial charge on any atom is -0.478 e. The Morgan fingerprint density at radius 1 is 0.946 bits per heavy atom. The normalized spacial score (nSPS) is 26.9. The summed E-state index contributed by atoms with van der Waals surface area (Å²) in [5.74, 6) is -2.75. The first-order valence-electron chi connectivity index (χ1n) is 12.0. The lowest BCUT2D eigenvalue weighted by Crippen LogP contribution is -2.43. The van der Waals surface area contributed by atoms with Crippen molar-refractivity contribution in [3.8, 4) is 0 Å². The molecule has 0 aromatic carbocycles. The van der Waals surface area contributed by atoms with Gasteiger partial charge in [-0.15, -0.1) is 0 Å². The van der Waals surface area contributed by atoms with Gasteiger partial charge < -0.3 is 34.3 Å². The fourth-order valence-corrected chi connectivity index (χ4v) is 4.05. The predicted molar refractivity (Wildman–Crippen MR) is 131 cm³/mol. The molecule has 11 heteroatoms. The van der Waals surface area contributed by atoms with Gasteiger partial charge in [-0.2, -0.15) is 0 Å². The number of hydrogen-bond donors (Lipinski definition) is 3. The van der Waals surface area contributed by atoms with E-state index in [4.69, 9.17) is 24.4 Å². The maximum atomic E-state index is 12.3. The Hall–Kier alpha value is -3.02. The smallest absolute Gasteiger partial charge is 0.333 e. The highest BCUT2D eigenvalue weighted by Gasteiger charge is 2.57. The summed E-state index contributed by atoms with van der Waals surface area (Å²) in [6.07, 6.45) is 1.08. The third-order valence-corrected chi connectivity index (χ3v) is 5.96. The number of carbonyl (C=O) groups is 4. The van der Waals surface area contributed by atoms with Crippen LogP contribution in [-0.2, 0) is 38.1 Å². The minimum atomic E-state index is -0.935. The number of aliphatic carboxylic acids is 1. The number of rotatable bonds is 8. The molecule has 11 nitrogen and oxygen atoms in total. The standard InChI is InChI=1S/C16H22O6.C6H10O3.C4H6O2/c1-8(2)15(18)22-14-10-6-9(13(14)17)7-11(10)16(19)21-12-4-3-5-20-12;1-5(2)6(8)9-4-3-7;1-3(2)4(5)6/h9-14,17H,1,3-7H2,2H3;7H,1,3-4H2,2H3;1H2,2H3,(H,5,6). The maximum absolute atomic E-state index is 12.3. The minimum absolute atomic E-state index is 0.0185. The summed E-state index contributed by atoms with van der Waals surface area (Å²) in [5.41, 5.74) is 0.812. The van der Waals surface area contributed by atoms with Gasteiger partial charge in [-0.3, -0.25) is 4.79 Å². The first kappa shape index (κ1) is 32.0. The Labute approximate surface area is 216 Å². The van der Waals surface area contributed by atoms with Crippen molar-refractivity contribution in [1.29, 1.82) is 0 Å². The van der Waals surface area contributed by atoms with Gasteiger partial charge in [0.1, 0.15) is 12.7 Å². The number of carbonyl (C=O) groups excluding carboxylic acids is 3. The number of carboxylic acids is 1. The number of fused-ring (bicyclic) bond motifs is 2. The zero-order chi connectivity index (χ0) is 28.3. The third kappa shape index (κ3) is 10.1. The number of carboxylic acid groups (broad SMARTS) is 1. The summed E-state index contributed by atoms with van der Waals surface area (Å²) < 4.78 is 20.5. The second kappa shape index (κ2) is 15.3. The van der Waals surface area contributed by atoms with Crippen LogP contribution in [0.3, 0.4) is 0 Å². The summed E-state index contributed by atoms with van der Waals surface area (Å²) in [6.45, 7) is 15.1. The van der Waals surface area contributed by atoms with E-state index >= 15 is 0 Å². The van der Waals surface area contributed by atoms with Crippen molar-refractivity contribution in [3.63, 3.8) is 0 Å². The summed E-state index contributed by atoms with van der Waals surface area (Å²) in [6, 6.07) is 0. The molecule has 0 aromatic heterocycles. The van der Waals surface area contributed by atoms with Gasteiger partial charge in [0.2, 0.25) is 6.29 Å². The molecule has 37 heavy (non-hydrogen) atoms. The van der Waals surface area contributed by atoms with E-state index in [-0.39, 0.29) is 48.1 Å². The molecule has 3 rings (SSSR count). The Morgan fingerprint density at radius 2 is 1.54 bits per heavy atom. The molecule has 0 radical (unpaired) electrons. The van der Waals surface area contributed by atoms with Crippen molar-refractivity contribution in [1.82, 2.24) is 0 Å². The van der Waals surface area contributed by atoms with Crippen LogP contribution < -0.4 is 0 Å². The predicted octanol–water partition coefficient (Wildman–Crippen LogP) is 1.92. The molecule has 2 bridgehead atoms. The molecular weight excluding hydrogens is 488 g/mol. The number of esters is 3. The lowest BCUT2D eigenvalue weighted by molar-refractivity contribution is -0.182. The molecule has 2 aliphatic carbocycles. The van der Waals surface area contributed by atoms with Gasteiger partial charge in [0, 0.05) is 29.1 Å². The quantitative estimate of drug-likeness (QED) is 0.240. The van der Waals surface area contributed by atoms with E-state index in [2.05, 4.69) is 24.5 Å². The van der Waals surface area contributed by atoms with Crippen molar-refractivity contribution in [2.45, 2.75) is 65.0 Å². The van der Waals surface area contributed by atoms with Crippen molar-refractivity contribution in [2.75, 3.05) is 19.8 Å². The highest BCUT2D eigenvalue weighted by Crippen LogP contribution is 2.50. The zero-order valence-corrected chi connectivity index (χ0v) is 21.6. The highest BCUT2D eigenvalue weighted by atomic mass is 16.7. The van der Waals surface area contributed by atoms with Crippen molar-refractivity contribution < 1.29 is 53.4 Å². The zero-order valence-electron chi connectivity index (χ0n) is 21.6. The lowest BCUT2D eigenvalue weighted by Gasteiger charge is -2.32. The van der Waals surface area contributed by atoms with Gasteiger partial charge in [0.25, 0.3) is 0 Å². The maximum Gasteiger partial charge on any atom is 0.333 e. The van der Waals surface area contributed by atoms with E-state index in [9.17, 15) is 24.3 Å². The molecule has 3 aliphatic rings. The topological polar surface area (TPSA) is 166 Å². The van der Waals surface area contributed by atoms with Gasteiger partial charge in [-0.05, 0) is 46.0 Å². The van der Waals surface area contributed by atoms with Gasteiger partial charge >= 0.3 is 23.9 Å². The molecule has 3 N–H and O–H groups in total. The molecule has 0 aromatic rings. The van der Waals surface area contributed by atoms with E-state index in [1.54, 1.807) is 13.8 Å². The van der Waals surface area contributed by atoms with Crippen LogP contribution in [0, 0.1) is 17.8 Å². The van der Waals surface area contributed by atoms with Crippen LogP contribution in [0.2, 0.25) is 0 Å². The van der Waals surface area contributed by atoms with Crippen molar-refractivity contribution in [2.24, 2.45) is 17.8 Å². The molecule has 208 valence electrons. The summed E-state index contributed by atoms with van der Waals surface area (Å²) >= 11 is 0. The first-order chi connectivity index (χ1) is 17.3. The van der Waals surface area contributed by atoms with Crippen molar-refractivity contribution >= 4 is 23.9 Å². The summed E-state index contributed by atoms with van der Waals surface area (Å²) in [5, 5.41) is 26.3. The second-order valence-corrected chi connectivity index (χ2v) is 9.25. The molecule has 6 unspecified atom stereocenters. The number of aliphatic hydroxyl groups excluding tert-OH is 2. The Bertz CT molecular complexity index is 860. The largest absolute Gasteiger partial charge is 0.478 e. The molecule has 0 spiro atoms. The van der Waals surface area contributed by atoms with Gasteiger partial charge in [-0.1, -0.05) is 19.7 Å². The molecule has 1 aliphatic heterocycles. The van der Waals surface area contributed by atoms with Crippen LogP contribution >= 0.6 is 0 Å². The van der Waals surface area contributed by atoms with E-state index < -0.39 is 36.4 Å². The van der Waals surface area contributed by atoms with Crippen LogP contribution in [0.4, 0.5) is 0 Å². The Kier molecular flexibility index (Phi) is 13.2. The number of aliphatic hydroxyl groups is 2. The Morgan fingerprint density at radius 3 is 1.97 bits per heavy atom. The second-order valence-electron chi connectivity index (χ2n) is 9.25. The van der Waals surface area contributed by atoms with Gasteiger partial charge in [0.15, 0.2) is 0 Å². The van der Waals surface area contributed by atoms with Crippen LogP contribution in [0.25, 0.3) is 0 Å². The average Bonchev–Trinajstić information content (AvgIpc) is 3.56. The fraction of sp³-hybridized carbons (Fsp3) is 0.615. The molecule has 2 saturated carbocycles. The van der Waals surface area contributed by atoms with Crippen LogP contribution in [-0.4, -0.2) is 77.5 Å². The van der Waals surface area contributed by atoms with Crippen LogP contribution in [0.15, 0.2) is 36.5 Å². The van der Waals surface area contributed by atoms with Gasteiger partial charge in [0.05, 0.1) is 25.2 Å². The van der Waals surface area contributed by atoms with Gasteiger partial charge in [-0.25, -0.2) is 14.4 Å². The van der Waals surface area contributed by atoms with E-state index in [1.807, 2.05) is 0 Å². The number of ether oxygens (including phenoxy) is 4. The van der Waals surface area contributed by atoms with Crippen molar-refractivity contribution in [3.05, 3.63) is 36.5 Å². The third-order valence-electron chi connectivity index (χ3n) is 5.96. The monoisotopic (exact) mass is 526 g/mol. The highest BCUT2D eigenvalue weighted by molar-refractivity contribution is 5.87. The van der Waals surface area contributed by atoms with Crippen LogP contribution in [0.5, 0.6) is 0 Å². The van der Waals surface area contributed by atoms with E-state index in [0.717, 1.165) is 12.8 Å². The lowest BCUT2D eigenvalue weighted by atomic mass is 9.85. The molecule has 1 heterocycles. The number of hydrogen-bond acceptors (Lipinski definition) is 10. The molecule has 6 atom stereocenters. The Balaban J connectivity index is 0.000000379. The molecule has 1 saturated heterocycles. The van der Waals surface area contributed by atoms with E-state index in [0.29, 0.717) is 25.0 Å². The molecular formula is C26H38O11. The average molecular weight is 527 g/mol. The first-order valence-corrected chi connectivity index (χ1v) is 12.0. The van der Waals surface area contributed by atoms with Crippen LogP contribution in [0.1, 0.15) is 46.5 Å². The summed E-state index contributed by atoms with van der Waals surface area (Å²) in [7, 11) is 0. The summed E-state index contributed by atoms with van der Waals surface area (Å²) in [4.78, 5) is 44.1.